The van der Waals surface area contributed by atoms with Gasteiger partial charge in [-0.3, -0.25) is 9.59 Å². The van der Waals surface area contributed by atoms with E-state index in [2.05, 4.69) is 17.1 Å². The number of primary amides is 1. The normalized spacial score (nSPS) is 16.8. The molecule has 0 spiro atoms. The van der Waals surface area contributed by atoms with E-state index in [1.807, 2.05) is 18.2 Å². The van der Waals surface area contributed by atoms with Crippen molar-refractivity contribution in [2.75, 3.05) is 26.2 Å². The molecule has 2 amide bonds. The monoisotopic (exact) mass is 409 g/mol. The number of hydrogen-bond acceptors (Lipinski definition) is 4. The maximum atomic E-state index is 12.5. The van der Waals surface area contributed by atoms with Crippen LogP contribution >= 0.6 is 0 Å². The molecule has 1 aliphatic rings. The number of hydrogen-bond donors (Lipinski definition) is 2. The fraction of sp³-hybridized carbons (Fsp3) is 0.417. The molecule has 1 saturated heterocycles. The number of rotatable bonds is 9. The van der Waals surface area contributed by atoms with Crippen LogP contribution in [-0.4, -0.2) is 42.9 Å². The van der Waals surface area contributed by atoms with Crippen LogP contribution in [0.4, 0.5) is 0 Å². The Bertz CT molecular complexity index is 868. The van der Waals surface area contributed by atoms with Gasteiger partial charge in [0.1, 0.15) is 12.4 Å². The van der Waals surface area contributed by atoms with Crippen LogP contribution in [0, 0.1) is 5.92 Å². The molecular weight excluding hydrogens is 378 g/mol. The maximum absolute atomic E-state index is 12.5. The largest absolute Gasteiger partial charge is 0.488 e. The van der Waals surface area contributed by atoms with Crippen molar-refractivity contribution in [1.29, 1.82) is 0 Å². The molecule has 3 rings (SSSR count). The molecule has 3 N–H and O–H groups in total. The zero-order valence-electron chi connectivity index (χ0n) is 17.6. The van der Waals surface area contributed by atoms with Crippen LogP contribution in [0.3, 0.4) is 0 Å². The lowest BCUT2D eigenvalue weighted by Crippen LogP contribution is -2.36. The molecule has 30 heavy (non-hydrogen) atoms. The Morgan fingerprint density at radius 3 is 2.83 bits per heavy atom. The van der Waals surface area contributed by atoms with E-state index in [1.165, 1.54) is 19.4 Å². The molecule has 1 heterocycles. The first-order valence-corrected chi connectivity index (χ1v) is 10.6. The van der Waals surface area contributed by atoms with Gasteiger partial charge in [0.2, 0.25) is 0 Å². The van der Waals surface area contributed by atoms with Gasteiger partial charge in [0.15, 0.2) is 0 Å². The third kappa shape index (κ3) is 6.32. The number of benzene rings is 2. The minimum Gasteiger partial charge on any atom is -0.488 e. The SMILES string of the molecule is CC1CCCN(CCCNC(=O)c2cccc(COc3ccccc3C(N)=O)c2)C1. The van der Waals surface area contributed by atoms with Crippen LogP contribution in [0.5, 0.6) is 5.75 Å². The first-order chi connectivity index (χ1) is 14.5. The molecule has 160 valence electrons. The van der Waals surface area contributed by atoms with Gasteiger partial charge in [-0.25, -0.2) is 0 Å². The van der Waals surface area contributed by atoms with Gasteiger partial charge in [-0.2, -0.15) is 0 Å². The van der Waals surface area contributed by atoms with E-state index in [4.69, 9.17) is 10.5 Å². The van der Waals surface area contributed by atoms with E-state index >= 15 is 0 Å². The molecule has 6 heteroatoms. The van der Waals surface area contributed by atoms with Crippen LogP contribution < -0.4 is 15.8 Å². The van der Waals surface area contributed by atoms with Gasteiger partial charge < -0.3 is 20.7 Å². The quantitative estimate of drug-likeness (QED) is 0.623. The summed E-state index contributed by atoms with van der Waals surface area (Å²) in [5.41, 5.74) is 7.18. The number of ether oxygens (including phenoxy) is 1. The fourth-order valence-electron chi connectivity index (χ4n) is 3.86. The lowest BCUT2D eigenvalue weighted by Gasteiger charge is -2.30. The molecule has 0 bridgehead atoms. The smallest absolute Gasteiger partial charge is 0.252 e. The molecule has 0 radical (unpaired) electrons. The fourth-order valence-corrected chi connectivity index (χ4v) is 3.86. The zero-order valence-corrected chi connectivity index (χ0v) is 17.6. The van der Waals surface area contributed by atoms with Crippen molar-refractivity contribution in [2.45, 2.75) is 32.8 Å². The number of amides is 2. The van der Waals surface area contributed by atoms with Crippen molar-refractivity contribution in [2.24, 2.45) is 11.7 Å². The van der Waals surface area contributed by atoms with Crippen molar-refractivity contribution in [3.05, 3.63) is 65.2 Å². The summed E-state index contributed by atoms with van der Waals surface area (Å²) in [6.07, 6.45) is 3.54. The summed E-state index contributed by atoms with van der Waals surface area (Å²) in [5, 5.41) is 3.01. The molecule has 1 unspecified atom stereocenters. The predicted octanol–water partition coefficient (Wildman–Crippen LogP) is 3.22. The van der Waals surface area contributed by atoms with E-state index in [0.29, 0.717) is 23.4 Å². The summed E-state index contributed by atoms with van der Waals surface area (Å²) < 4.78 is 5.76. The number of piperidine rings is 1. The lowest BCUT2D eigenvalue weighted by atomic mass is 10.0. The minimum atomic E-state index is -0.530. The van der Waals surface area contributed by atoms with Gasteiger partial charge in [-0.15, -0.1) is 0 Å². The third-order valence-corrected chi connectivity index (χ3v) is 5.41. The number of nitrogens with zero attached hydrogens (tertiary/aromatic N) is 1. The van der Waals surface area contributed by atoms with Crippen LogP contribution in [-0.2, 0) is 6.61 Å². The van der Waals surface area contributed by atoms with Crippen molar-refractivity contribution in [1.82, 2.24) is 10.2 Å². The summed E-state index contributed by atoms with van der Waals surface area (Å²) >= 11 is 0. The van der Waals surface area contributed by atoms with E-state index in [1.54, 1.807) is 30.3 Å². The van der Waals surface area contributed by atoms with Gasteiger partial charge in [0, 0.05) is 18.7 Å². The molecule has 2 aromatic rings. The zero-order chi connectivity index (χ0) is 21.3. The topological polar surface area (TPSA) is 84.7 Å². The van der Waals surface area contributed by atoms with E-state index < -0.39 is 5.91 Å². The second-order valence-electron chi connectivity index (χ2n) is 8.01. The van der Waals surface area contributed by atoms with Crippen LogP contribution in [0.25, 0.3) is 0 Å². The van der Waals surface area contributed by atoms with Crippen LogP contribution in [0.2, 0.25) is 0 Å². The highest BCUT2D eigenvalue weighted by Gasteiger charge is 2.15. The average Bonchev–Trinajstić information content (AvgIpc) is 2.75. The number of para-hydroxylation sites is 1. The van der Waals surface area contributed by atoms with Crippen LogP contribution in [0.1, 0.15) is 52.5 Å². The second kappa shape index (κ2) is 10.8. The first-order valence-electron chi connectivity index (χ1n) is 10.6. The minimum absolute atomic E-state index is 0.0820. The second-order valence-corrected chi connectivity index (χ2v) is 8.01. The summed E-state index contributed by atoms with van der Waals surface area (Å²) in [5.74, 6) is 0.597. The molecule has 0 aliphatic carbocycles. The molecule has 1 aliphatic heterocycles. The van der Waals surface area contributed by atoms with Gasteiger partial charge >= 0.3 is 0 Å². The first kappa shape index (κ1) is 21.8. The molecule has 1 atom stereocenters. The van der Waals surface area contributed by atoms with E-state index in [9.17, 15) is 9.59 Å². The van der Waals surface area contributed by atoms with E-state index in [0.717, 1.165) is 31.0 Å². The number of nitrogens with two attached hydrogens (primary N) is 1. The van der Waals surface area contributed by atoms with Gasteiger partial charge in [-0.05, 0) is 68.1 Å². The van der Waals surface area contributed by atoms with Crippen molar-refractivity contribution in [3.8, 4) is 5.75 Å². The lowest BCUT2D eigenvalue weighted by molar-refractivity contribution is 0.0948. The molecule has 0 saturated carbocycles. The van der Waals surface area contributed by atoms with E-state index in [-0.39, 0.29) is 12.5 Å². The molecule has 6 nitrogen and oxygen atoms in total. The number of carbonyl (C=O) groups is 2. The Labute approximate surface area is 178 Å². The predicted molar refractivity (Wildman–Crippen MR) is 118 cm³/mol. The summed E-state index contributed by atoms with van der Waals surface area (Å²) in [4.78, 5) is 26.5. The highest BCUT2D eigenvalue weighted by Crippen LogP contribution is 2.19. The number of carbonyl (C=O) groups excluding carboxylic acids is 2. The maximum Gasteiger partial charge on any atom is 0.252 e. The van der Waals surface area contributed by atoms with Crippen molar-refractivity contribution in [3.63, 3.8) is 0 Å². The average molecular weight is 410 g/mol. The summed E-state index contributed by atoms with van der Waals surface area (Å²) in [6, 6.07) is 14.2. The molecule has 0 aromatic heterocycles. The van der Waals surface area contributed by atoms with Crippen LogP contribution in [0.15, 0.2) is 48.5 Å². The number of likely N-dealkylation sites (tertiary alicyclic amines) is 1. The summed E-state index contributed by atoms with van der Waals surface area (Å²) in [7, 11) is 0. The molecular formula is C24H31N3O3. The van der Waals surface area contributed by atoms with Crippen molar-refractivity contribution < 1.29 is 14.3 Å². The third-order valence-electron chi connectivity index (χ3n) is 5.41. The number of nitrogens with one attached hydrogen (secondary N) is 1. The Morgan fingerprint density at radius 1 is 1.20 bits per heavy atom. The highest BCUT2D eigenvalue weighted by atomic mass is 16.5. The highest BCUT2D eigenvalue weighted by molar-refractivity contribution is 5.95. The Hall–Kier alpha value is -2.86. The Balaban J connectivity index is 1.47. The van der Waals surface area contributed by atoms with Gasteiger partial charge in [0.25, 0.3) is 11.8 Å². The Kier molecular flexibility index (Phi) is 7.85. The van der Waals surface area contributed by atoms with Crippen molar-refractivity contribution >= 4 is 11.8 Å². The van der Waals surface area contributed by atoms with Gasteiger partial charge in [0.05, 0.1) is 5.56 Å². The van der Waals surface area contributed by atoms with Gasteiger partial charge in [-0.1, -0.05) is 31.2 Å². The Morgan fingerprint density at radius 2 is 2.03 bits per heavy atom. The molecule has 1 fully saturated rings. The standard InChI is InChI=1S/C24H31N3O3/c1-18-7-5-13-27(16-18)14-6-12-26-24(29)20-9-4-8-19(15-20)17-30-22-11-3-2-10-21(22)23(25)28/h2-4,8-11,15,18H,5-7,12-14,16-17H2,1H3,(H2,25,28)(H,26,29). The molecule has 2 aromatic carbocycles. The summed E-state index contributed by atoms with van der Waals surface area (Å²) in [6.45, 7) is 6.57.